The van der Waals surface area contributed by atoms with Gasteiger partial charge in [-0.2, -0.15) is 0 Å². The van der Waals surface area contributed by atoms with E-state index < -0.39 is 0 Å². The van der Waals surface area contributed by atoms with Crippen LogP contribution < -0.4 is 10.5 Å². The Hall–Kier alpha value is -1.07. The minimum Gasteiger partial charge on any atom is -0.495 e. The van der Waals surface area contributed by atoms with E-state index in [1.165, 1.54) is 11.3 Å². The molecular formula is C12H18N2O2S. The van der Waals surface area contributed by atoms with Crippen LogP contribution in [0.3, 0.4) is 0 Å². The average molecular weight is 254 g/mol. The Bertz CT molecular complexity index is 405. The number of rotatable bonds is 3. The van der Waals surface area contributed by atoms with Crippen LogP contribution in [0.15, 0.2) is 11.4 Å². The highest BCUT2D eigenvalue weighted by molar-refractivity contribution is 7.12. The lowest BCUT2D eigenvalue weighted by Gasteiger charge is -2.21. The van der Waals surface area contributed by atoms with Crippen molar-refractivity contribution in [2.24, 2.45) is 11.7 Å². The van der Waals surface area contributed by atoms with Gasteiger partial charge in [0.1, 0.15) is 10.6 Å². The number of carbonyl (C=O) groups excluding carboxylic acids is 1. The van der Waals surface area contributed by atoms with Crippen molar-refractivity contribution in [3.05, 3.63) is 16.3 Å². The third-order valence-corrected chi connectivity index (χ3v) is 4.18. The standard InChI is InChI=1S/C12H18N2O2S/c1-8-5-9(6-13)7-14(8)12(15)11-10(16-2)3-4-17-11/h3-4,8-9H,5-7,13H2,1-2H3. The number of hydrogen-bond acceptors (Lipinski definition) is 4. The largest absolute Gasteiger partial charge is 0.495 e. The van der Waals surface area contributed by atoms with Crippen LogP contribution in [-0.4, -0.2) is 37.0 Å². The van der Waals surface area contributed by atoms with Gasteiger partial charge in [-0.3, -0.25) is 4.79 Å². The number of carbonyl (C=O) groups is 1. The molecule has 0 saturated carbocycles. The zero-order chi connectivity index (χ0) is 12.4. The highest BCUT2D eigenvalue weighted by atomic mass is 32.1. The molecule has 2 N–H and O–H groups in total. The Kier molecular flexibility index (Phi) is 3.69. The van der Waals surface area contributed by atoms with Crippen molar-refractivity contribution in [1.82, 2.24) is 4.90 Å². The summed E-state index contributed by atoms with van der Waals surface area (Å²) in [6.07, 6.45) is 0.996. The molecule has 1 aromatic heterocycles. The molecule has 2 rings (SSSR count). The van der Waals surface area contributed by atoms with Gasteiger partial charge in [-0.15, -0.1) is 11.3 Å². The molecule has 0 bridgehead atoms. The number of nitrogens with two attached hydrogens (primary N) is 1. The Labute approximate surface area is 105 Å². The van der Waals surface area contributed by atoms with Crippen LogP contribution in [0.25, 0.3) is 0 Å². The van der Waals surface area contributed by atoms with Gasteiger partial charge in [-0.25, -0.2) is 0 Å². The minimum atomic E-state index is 0.0697. The predicted octanol–water partition coefficient (Wildman–Crippen LogP) is 1.57. The normalized spacial score (nSPS) is 24.1. The summed E-state index contributed by atoms with van der Waals surface area (Å²) in [7, 11) is 1.59. The fourth-order valence-electron chi connectivity index (χ4n) is 2.34. The second kappa shape index (κ2) is 5.06. The third kappa shape index (κ3) is 2.30. The molecule has 1 aliphatic rings. The summed E-state index contributed by atoms with van der Waals surface area (Å²) >= 11 is 1.43. The number of thiophene rings is 1. The van der Waals surface area contributed by atoms with Crippen molar-refractivity contribution in [2.75, 3.05) is 20.2 Å². The maximum absolute atomic E-state index is 12.4. The van der Waals surface area contributed by atoms with Crippen molar-refractivity contribution >= 4 is 17.2 Å². The van der Waals surface area contributed by atoms with E-state index in [1.54, 1.807) is 7.11 Å². The highest BCUT2D eigenvalue weighted by Gasteiger charge is 2.33. The van der Waals surface area contributed by atoms with Crippen LogP contribution in [0.5, 0.6) is 5.75 Å². The molecule has 1 saturated heterocycles. The number of likely N-dealkylation sites (tertiary alicyclic amines) is 1. The summed E-state index contributed by atoms with van der Waals surface area (Å²) < 4.78 is 5.19. The van der Waals surface area contributed by atoms with Gasteiger partial charge >= 0.3 is 0 Å². The zero-order valence-electron chi connectivity index (χ0n) is 10.2. The number of hydrogen-bond donors (Lipinski definition) is 1. The number of amides is 1. The van der Waals surface area contributed by atoms with Crippen LogP contribution in [-0.2, 0) is 0 Å². The van der Waals surface area contributed by atoms with Gasteiger partial charge in [-0.1, -0.05) is 0 Å². The predicted molar refractivity (Wildman–Crippen MR) is 68.5 cm³/mol. The second-order valence-electron chi connectivity index (χ2n) is 4.46. The van der Waals surface area contributed by atoms with E-state index in [4.69, 9.17) is 10.5 Å². The van der Waals surface area contributed by atoms with Gasteiger partial charge < -0.3 is 15.4 Å². The molecule has 4 nitrogen and oxygen atoms in total. The highest BCUT2D eigenvalue weighted by Crippen LogP contribution is 2.30. The molecule has 2 atom stereocenters. The molecular weight excluding hydrogens is 236 g/mol. The lowest BCUT2D eigenvalue weighted by atomic mass is 10.1. The first kappa shape index (κ1) is 12.4. The minimum absolute atomic E-state index is 0.0697. The van der Waals surface area contributed by atoms with Gasteiger partial charge in [0.25, 0.3) is 5.91 Å². The van der Waals surface area contributed by atoms with E-state index in [0.717, 1.165) is 13.0 Å². The Balaban J connectivity index is 2.15. The fourth-order valence-corrected chi connectivity index (χ4v) is 3.15. The molecule has 0 aliphatic carbocycles. The summed E-state index contributed by atoms with van der Waals surface area (Å²) in [4.78, 5) is 15.0. The first-order valence-corrected chi connectivity index (χ1v) is 6.67. The Morgan fingerprint density at radius 3 is 3.06 bits per heavy atom. The zero-order valence-corrected chi connectivity index (χ0v) is 11.0. The molecule has 1 aromatic rings. The lowest BCUT2D eigenvalue weighted by Crippen LogP contribution is -2.34. The van der Waals surface area contributed by atoms with E-state index >= 15 is 0 Å². The number of methoxy groups -OCH3 is 1. The first-order valence-electron chi connectivity index (χ1n) is 5.79. The van der Waals surface area contributed by atoms with E-state index in [2.05, 4.69) is 6.92 Å². The van der Waals surface area contributed by atoms with Gasteiger partial charge in [0.05, 0.1) is 7.11 Å². The van der Waals surface area contributed by atoms with Gasteiger partial charge in [0, 0.05) is 12.6 Å². The van der Waals surface area contributed by atoms with Crippen molar-refractivity contribution in [3.63, 3.8) is 0 Å². The summed E-state index contributed by atoms with van der Waals surface area (Å²) in [5.41, 5.74) is 5.67. The summed E-state index contributed by atoms with van der Waals surface area (Å²) in [6, 6.07) is 2.10. The molecule has 94 valence electrons. The Morgan fingerprint density at radius 2 is 2.47 bits per heavy atom. The van der Waals surface area contributed by atoms with Crippen LogP contribution in [0.1, 0.15) is 23.0 Å². The number of ether oxygens (including phenoxy) is 1. The summed E-state index contributed by atoms with van der Waals surface area (Å²) in [6.45, 7) is 3.49. The third-order valence-electron chi connectivity index (χ3n) is 3.30. The van der Waals surface area contributed by atoms with Gasteiger partial charge in [0.2, 0.25) is 0 Å². The Morgan fingerprint density at radius 1 is 1.71 bits per heavy atom. The lowest BCUT2D eigenvalue weighted by molar-refractivity contribution is 0.0745. The van der Waals surface area contributed by atoms with Crippen molar-refractivity contribution < 1.29 is 9.53 Å². The van der Waals surface area contributed by atoms with E-state index in [-0.39, 0.29) is 11.9 Å². The van der Waals surface area contributed by atoms with E-state index in [0.29, 0.717) is 23.1 Å². The first-order chi connectivity index (χ1) is 8.17. The van der Waals surface area contributed by atoms with Crippen molar-refractivity contribution in [2.45, 2.75) is 19.4 Å². The maximum Gasteiger partial charge on any atom is 0.267 e. The van der Waals surface area contributed by atoms with Crippen LogP contribution in [0, 0.1) is 5.92 Å². The summed E-state index contributed by atoms with van der Waals surface area (Å²) in [5.74, 6) is 1.17. The molecule has 0 radical (unpaired) electrons. The second-order valence-corrected chi connectivity index (χ2v) is 5.38. The number of nitrogens with zero attached hydrogens (tertiary/aromatic N) is 1. The topological polar surface area (TPSA) is 55.6 Å². The molecule has 0 aromatic carbocycles. The maximum atomic E-state index is 12.4. The smallest absolute Gasteiger partial charge is 0.267 e. The fraction of sp³-hybridized carbons (Fsp3) is 0.583. The van der Waals surface area contributed by atoms with E-state index in [1.807, 2.05) is 16.3 Å². The van der Waals surface area contributed by atoms with Gasteiger partial charge in [0.15, 0.2) is 0 Å². The monoisotopic (exact) mass is 254 g/mol. The molecule has 1 fully saturated rings. The van der Waals surface area contributed by atoms with Gasteiger partial charge in [-0.05, 0) is 37.3 Å². The quantitative estimate of drug-likeness (QED) is 0.890. The molecule has 1 aliphatic heterocycles. The molecule has 5 heteroatoms. The molecule has 1 amide bonds. The van der Waals surface area contributed by atoms with Crippen LogP contribution in [0.2, 0.25) is 0 Å². The molecule has 2 heterocycles. The van der Waals surface area contributed by atoms with Crippen molar-refractivity contribution in [3.8, 4) is 5.75 Å². The average Bonchev–Trinajstić information content (AvgIpc) is 2.93. The molecule has 2 unspecified atom stereocenters. The summed E-state index contributed by atoms with van der Waals surface area (Å²) in [5, 5.41) is 1.88. The molecule has 17 heavy (non-hydrogen) atoms. The van der Waals surface area contributed by atoms with Crippen LogP contribution in [0.4, 0.5) is 0 Å². The molecule has 0 spiro atoms. The van der Waals surface area contributed by atoms with Crippen LogP contribution >= 0.6 is 11.3 Å². The SMILES string of the molecule is COc1ccsc1C(=O)N1CC(CN)CC1C. The van der Waals surface area contributed by atoms with Crippen molar-refractivity contribution in [1.29, 1.82) is 0 Å². The van der Waals surface area contributed by atoms with E-state index in [9.17, 15) is 4.79 Å².